The fourth-order valence-electron chi connectivity index (χ4n) is 12.5. The van der Waals surface area contributed by atoms with Crippen LogP contribution in [0, 0.1) is 17.8 Å². The van der Waals surface area contributed by atoms with Crippen LogP contribution in [0.3, 0.4) is 0 Å². The lowest BCUT2D eigenvalue weighted by atomic mass is 9.72. The molecular formula is C56H69NO13. The molecule has 2 fully saturated rings. The first-order valence-corrected chi connectivity index (χ1v) is 25.3. The van der Waals surface area contributed by atoms with Crippen molar-refractivity contribution in [2.45, 2.75) is 129 Å². The van der Waals surface area contributed by atoms with E-state index in [4.69, 9.17) is 24.1 Å². The van der Waals surface area contributed by atoms with Gasteiger partial charge in [0.15, 0.2) is 10.9 Å². The molecule has 376 valence electrons. The number of carbonyl (C=O) groups is 3. The minimum absolute atomic E-state index is 0.0172. The molecule has 0 heterocycles. The molecule has 0 aliphatic heterocycles. The van der Waals surface area contributed by atoms with E-state index in [-0.39, 0.29) is 75.6 Å². The third-order valence-electron chi connectivity index (χ3n) is 15.5. The number of allylic oxidation sites excluding steroid dienone is 1. The number of fused-ring (bicyclic) bond motifs is 1. The van der Waals surface area contributed by atoms with Crippen molar-refractivity contribution in [3.05, 3.63) is 66.0 Å². The Labute approximate surface area is 408 Å². The molecule has 0 spiro atoms. The summed E-state index contributed by atoms with van der Waals surface area (Å²) in [6, 6.07) is 2.27. The van der Waals surface area contributed by atoms with Gasteiger partial charge in [0.05, 0.1) is 55.9 Å². The monoisotopic (exact) mass is 963 g/mol. The Morgan fingerprint density at radius 3 is 1.90 bits per heavy atom. The zero-order chi connectivity index (χ0) is 49.8. The van der Waals surface area contributed by atoms with Crippen molar-refractivity contribution >= 4 is 72.2 Å². The van der Waals surface area contributed by atoms with E-state index in [0.717, 1.165) is 32.1 Å². The second kappa shape index (κ2) is 22.5. The van der Waals surface area contributed by atoms with E-state index in [2.05, 4.69) is 5.32 Å². The number of rotatable bonds is 24. The second-order valence-electron chi connectivity index (χ2n) is 19.8. The topological polar surface area (TPSA) is 215 Å². The number of carbonyl (C=O) groups excluding carboxylic acids is 3. The summed E-state index contributed by atoms with van der Waals surface area (Å²) in [6.07, 6.45) is 10.5. The van der Waals surface area contributed by atoms with Gasteiger partial charge in [-0.2, -0.15) is 0 Å². The molecule has 0 amide bonds. The number of anilines is 1. The number of hydrogen-bond acceptors (Lipinski definition) is 14. The van der Waals surface area contributed by atoms with Crippen molar-refractivity contribution in [1.29, 1.82) is 0 Å². The number of benzene rings is 5. The van der Waals surface area contributed by atoms with Gasteiger partial charge in [-0.15, -0.1) is 0 Å². The summed E-state index contributed by atoms with van der Waals surface area (Å²) in [7, 11) is 3.10. The van der Waals surface area contributed by atoms with Crippen LogP contribution in [-0.2, 0) is 48.2 Å². The third kappa shape index (κ3) is 9.55. The number of Topliss-reactive ketones (excluding diaryl/α,β-unsaturated/α-hetero) is 3. The Morgan fingerprint density at radius 1 is 0.686 bits per heavy atom. The number of ether oxygens (including phenoxy) is 4. The van der Waals surface area contributed by atoms with Crippen LogP contribution in [0.4, 0.5) is 5.69 Å². The van der Waals surface area contributed by atoms with Gasteiger partial charge in [0.25, 0.3) is 0 Å². The van der Waals surface area contributed by atoms with Gasteiger partial charge in [-0.1, -0.05) is 37.3 Å². The predicted molar refractivity (Wildman–Crippen MR) is 271 cm³/mol. The maximum absolute atomic E-state index is 15.0. The van der Waals surface area contributed by atoms with E-state index in [0.29, 0.717) is 145 Å². The first kappa shape index (κ1) is 51.3. The summed E-state index contributed by atoms with van der Waals surface area (Å²) in [5, 5.41) is 50.6. The van der Waals surface area contributed by atoms with Gasteiger partial charge >= 0.3 is 0 Å². The number of phenols is 1. The third-order valence-corrected chi connectivity index (χ3v) is 15.5. The predicted octanol–water partition coefficient (Wildman–Crippen LogP) is 7.76. The molecule has 14 nitrogen and oxygen atoms in total. The van der Waals surface area contributed by atoms with Gasteiger partial charge in [0, 0.05) is 86.2 Å². The van der Waals surface area contributed by atoms with Gasteiger partial charge in [-0.05, 0) is 121 Å². The lowest BCUT2D eigenvalue weighted by molar-refractivity contribution is -0.126. The zero-order valence-corrected chi connectivity index (χ0v) is 41.1. The molecule has 5 aromatic carbocycles. The molecular weight excluding hydrogens is 895 g/mol. The van der Waals surface area contributed by atoms with Crippen LogP contribution in [0.5, 0.6) is 11.5 Å². The standard InChI is InChI=1S/C56H69NO13/c1-30-24-37-38(25-32-12-5-6-13-35(32)40(62)16-9-20-70-23-22-67-3)55(66)49-43(65)27-34(29-60)45-46-33(28-59)26-42(64)48-51(46)52(47(37)50(45)49)53(44(30)31(2)61)56(68-4)54(48)57-39-15-8-7-14-36(39)41(63)17-10-19-69-21-11-18-58/h24,26-27,32,35-36,39,44,57-60,66H,5-23,25,28-29H2,1-4H3. The van der Waals surface area contributed by atoms with E-state index in [1.807, 2.05) is 13.0 Å². The zero-order valence-electron chi connectivity index (χ0n) is 41.1. The number of nitrogens with one attached hydrogen (secondary N) is 1. The van der Waals surface area contributed by atoms with Crippen molar-refractivity contribution in [2.24, 2.45) is 17.8 Å². The molecule has 3 aliphatic carbocycles. The molecule has 0 bridgehead atoms. The van der Waals surface area contributed by atoms with Crippen molar-refractivity contribution in [3.63, 3.8) is 0 Å². The van der Waals surface area contributed by atoms with Crippen LogP contribution in [0.1, 0.15) is 131 Å². The summed E-state index contributed by atoms with van der Waals surface area (Å²) in [5.74, 6) is -1.82. The lowest BCUT2D eigenvalue weighted by Crippen LogP contribution is -2.37. The second-order valence-corrected chi connectivity index (χ2v) is 19.8. The minimum atomic E-state index is -0.938. The lowest BCUT2D eigenvalue weighted by Gasteiger charge is -2.34. The minimum Gasteiger partial charge on any atom is -0.507 e. The highest BCUT2D eigenvalue weighted by atomic mass is 16.5. The van der Waals surface area contributed by atoms with Crippen LogP contribution in [0.2, 0.25) is 0 Å². The molecule has 3 aliphatic rings. The number of aromatic hydroxyl groups is 1. The van der Waals surface area contributed by atoms with Gasteiger partial charge in [0.2, 0.25) is 0 Å². The summed E-state index contributed by atoms with van der Waals surface area (Å²) in [4.78, 5) is 72.1. The quantitative estimate of drug-likeness (QED) is 0.0227. The van der Waals surface area contributed by atoms with Gasteiger partial charge in [-0.25, -0.2) is 0 Å². The summed E-state index contributed by atoms with van der Waals surface area (Å²) < 4.78 is 22.8. The number of aliphatic hydroxyl groups excluding tert-OH is 3. The normalized spacial score (nSPS) is 20.4. The highest BCUT2D eigenvalue weighted by Gasteiger charge is 2.40. The Morgan fingerprint density at radius 2 is 1.27 bits per heavy atom. The van der Waals surface area contributed by atoms with Crippen molar-refractivity contribution < 1.29 is 53.8 Å². The van der Waals surface area contributed by atoms with Crippen molar-refractivity contribution in [2.75, 3.05) is 59.2 Å². The number of aliphatic hydroxyl groups is 3. The molecule has 5 atom stereocenters. The maximum Gasteiger partial charge on any atom is 0.190 e. The number of phenolic OH excluding ortho intramolecular Hbond substituents is 1. The van der Waals surface area contributed by atoms with E-state index in [1.54, 1.807) is 7.11 Å². The molecule has 0 saturated heterocycles. The first-order chi connectivity index (χ1) is 33.9. The molecule has 2 saturated carbocycles. The van der Waals surface area contributed by atoms with Crippen LogP contribution in [-0.4, -0.2) is 97.7 Å². The Balaban J connectivity index is 1.39. The molecule has 5 N–H and O–H groups in total. The van der Waals surface area contributed by atoms with Crippen LogP contribution < -0.4 is 20.9 Å². The molecule has 0 aromatic heterocycles. The SMILES string of the molecule is COCCOCCCC(=O)C1CCCCC1Cc1c(O)c2c(=O)cc(CO)c3c4c(CO)cc(=O)c5c(NC6CCCCC6C(=O)CCCOCCCO)c(OC)c6c(c(c1C=C(C)C6C(C)=O)c23)c54. The van der Waals surface area contributed by atoms with E-state index >= 15 is 0 Å². The summed E-state index contributed by atoms with van der Waals surface area (Å²) in [5.41, 5.74) is 1.95. The van der Waals surface area contributed by atoms with Crippen molar-refractivity contribution in [1.82, 2.24) is 0 Å². The first-order valence-electron chi connectivity index (χ1n) is 25.3. The number of ketones is 3. The maximum atomic E-state index is 15.0. The van der Waals surface area contributed by atoms with Crippen LogP contribution in [0.15, 0.2) is 27.3 Å². The van der Waals surface area contributed by atoms with Gasteiger partial charge in [-0.3, -0.25) is 24.0 Å². The molecule has 0 radical (unpaired) electrons. The summed E-state index contributed by atoms with van der Waals surface area (Å²) >= 11 is 0. The van der Waals surface area contributed by atoms with Gasteiger partial charge in [0.1, 0.15) is 28.8 Å². The molecule has 5 unspecified atom stereocenters. The fourth-order valence-corrected chi connectivity index (χ4v) is 12.5. The Hall–Kier alpha value is -5.09. The van der Waals surface area contributed by atoms with Gasteiger partial charge < -0.3 is 44.7 Å². The molecule has 8 rings (SSSR count). The highest BCUT2D eigenvalue weighted by molar-refractivity contribution is 6.39. The summed E-state index contributed by atoms with van der Waals surface area (Å²) in [6.45, 7) is 4.37. The van der Waals surface area contributed by atoms with E-state index in [9.17, 15) is 39.3 Å². The number of hydrogen-bond donors (Lipinski definition) is 5. The fraction of sp³-hybridized carbons (Fsp3) is 0.554. The Bertz CT molecular complexity index is 2910. The average molecular weight is 964 g/mol. The van der Waals surface area contributed by atoms with Crippen molar-refractivity contribution in [3.8, 4) is 11.5 Å². The highest BCUT2D eigenvalue weighted by Crippen LogP contribution is 2.57. The van der Waals surface area contributed by atoms with E-state index in [1.165, 1.54) is 26.2 Å². The molecule has 5 aromatic rings. The van der Waals surface area contributed by atoms with Crippen LogP contribution >= 0.6 is 0 Å². The molecule has 14 heteroatoms. The smallest absolute Gasteiger partial charge is 0.190 e. The Kier molecular flexibility index (Phi) is 16.5. The molecule has 70 heavy (non-hydrogen) atoms. The largest absolute Gasteiger partial charge is 0.507 e. The average Bonchev–Trinajstić information content (AvgIpc) is 3.49. The van der Waals surface area contributed by atoms with Crippen LogP contribution in [0.25, 0.3) is 49.2 Å². The number of methoxy groups -OCH3 is 2. The van der Waals surface area contributed by atoms with E-state index < -0.39 is 41.9 Å².